The van der Waals surface area contributed by atoms with Crippen LogP contribution in [0.25, 0.3) is 0 Å². The SMILES string of the molecule is CC(C)(C)OC(=O)NC(=Nc1ccc(C(=O)Nc2ccc(CN(c3ccc(C(F)(F)F)cn3)S(=O)[O-])cc2)cc1)NC(=O)OC(C)(C)C. The maximum absolute atomic E-state index is 12.9. The molecule has 258 valence electrons. The van der Waals surface area contributed by atoms with Crippen molar-refractivity contribution in [3.63, 3.8) is 0 Å². The third-order valence-corrected chi connectivity index (χ3v) is 6.33. The second-order valence-electron chi connectivity index (χ2n) is 12.1. The summed E-state index contributed by atoms with van der Waals surface area (Å²) in [5, 5.41) is 7.42. The molecule has 3 N–H and O–H groups in total. The second kappa shape index (κ2) is 15.2. The molecule has 48 heavy (non-hydrogen) atoms. The van der Waals surface area contributed by atoms with Crippen LogP contribution in [0.4, 0.5) is 40.0 Å². The second-order valence-corrected chi connectivity index (χ2v) is 12.9. The van der Waals surface area contributed by atoms with Crippen molar-refractivity contribution in [2.24, 2.45) is 4.99 Å². The van der Waals surface area contributed by atoms with Crippen molar-refractivity contribution in [2.75, 3.05) is 9.62 Å². The zero-order valence-corrected chi connectivity index (χ0v) is 27.6. The van der Waals surface area contributed by atoms with Gasteiger partial charge in [-0.3, -0.25) is 23.9 Å². The van der Waals surface area contributed by atoms with E-state index in [1.54, 1.807) is 41.5 Å². The van der Waals surface area contributed by atoms with Crippen molar-refractivity contribution in [2.45, 2.75) is 65.5 Å². The minimum atomic E-state index is -4.62. The molecule has 0 spiro atoms. The van der Waals surface area contributed by atoms with Crippen LogP contribution in [0.1, 0.15) is 63.0 Å². The van der Waals surface area contributed by atoms with Crippen LogP contribution in [0, 0.1) is 0 Å². The highest BCUT2D eigenvalue weighted by Crippen LogP contribution is 2.30. The molecule has 0 aliphatic heterocycles. The van der Waals surface area contributed by atoms with Gasteiger partial charge in [-0.05, 0) is 95.6 Å². The average Bonchev–Trinajstić information content (AvgIpc) is 2.94. The standard InChI is InChI=1S/C31H35F3N6O7S/c1-29(2,3)46-27(42)38-26(39-28(43)47-30(4,5)6)37-23-14-9-20(10-15-23)25(41)36-22-12-7-19(8-13-22)18-40(48(44)45)24-16-11-21(17-35-24)31(32,33)34/h7-17H,18H2,1-6H3,(H,36,41)(H,44,45)(H2,37,38,39,42,43)/p-1. The number of aromatic nitrogens is 1. The maximum Gasteiger partial charge on any atom is 0.417 e. The number of carbonyl (C=O) groups excluding carboxylic acids is 3. The van der Waals surface area contributed by atoms with Crippen molar-refractivity contribution in [1.82, 2.24) is 15.6 Å². The maximum atomic E-state index is 12.9. The van der Waals surface area contributed by atoms with Gasteiger partial charge in [-0.15, -0.1) is 0 Å². The minimum Gasteiger partial charge on any atom is -0.755 e. The number of carbonyl (C=O) groups is 3. The first-order chi connectivity index (χ1) is 22.2. The summed E-state index contributed by atoms with van der Waals surface area (Å²) in [7, 11) is 0. The molecule has 13 nitrogen and oxygen atoms in total. The van der Waals surface area contributed by atoms with Crippen LogP contribution >= 0.6 is 0 Å². The average molecular weight is 692 g/mol. The van der Waals surface area contributed by atoms with Gasteiger partial charge in [0.2, 0.25) is 5.96 Å². The number of amides is 3. The molecule has 3 aromatic rings. The monoisotopic (exact) mass is 691 g/mol. The van der Waals surface area contributed by atoms with Gasteiger partial charge in [0, 0.05) is 28.7 Å². The Balaban J connectivity index is 1.69. The number of nitrogens with one attached hydrogen (secondary N) is 3. The smallest absolute Gasteiger partial charge is 0.417 e. The highest BCUT2D eigenvalue weighted by atomic mass is 32.2. The number of rotatable bonds is 7. The Labute approximate surface area is 277 Å². The summed E-state index contributed by atoms with van der Waals surface area (Å²) in [6, 6.07) is 13.7. The highest BCUT2D eigenvalue weighted by Gasteiger charge is 2.31. The summed E-state index contributed by atoms with van der Waals surface area (Å²) in [4.78, 5) is 45.4. The molecule has 1 unspecified atom stereocenters. The number of aliphatic imine (C=N–C) groups is 1. The summed E-state index contributed by atoms with van der Waals surface area (Å²) in [5.41, 5.74) is -1.31. The lowest BCUT2D eigenvalue weighted by Gasteiger charge is -2.25. The number of alkyl carbamates (subject to hydrolysis) is 2. The molecule has 0 aliphatic rings. The van der Waals surface area contributed by atoms with E-state index in [0.29, 0.717) is 17.4 Å². The van der Waals surface area contributed by atoms with E-state index in [9.17, 15) is 36.3 Å². The van der Waals surface area contributed by atoms with E-state index in [0.717, 1.165) is 16.4 Å². The molecule has 0 bridgehead atoms. The summed E-state index contributed by atoms with van der Waals surface area (Å²) in [6.07, 6.45) is -5.81. The van der Waals surface area contributed by atoms with Gasteiger partial charge in [-0.2, -0.15) is 13.2 Å². The Kier molecular flexibility index (Phi) is 11.9. The largest absolute Gasteiger partial charge is 0.755 e. The lowest BCUT2D eigenvalue weighted by molar-refractivity contribution is -0.137. The van der Waals surface area contributed by atoms with Crippen LogP contribution in [0.5, 0.6) is 0 Å². The quantitative estimate of drug-likeness (QED) is 0.149. The van der Waals surface area contributed by atoms with Crippen LogP contribution in [0.15, 0.2) is 71.9 Å². The Morgan fingerprint density at radius 3 is 1.83 bits per heavy atom. The molecule has 17 heteroatoms. The van der Waals surface area contributed by atoms with Crippen LogP contribution in [-0.4, -0.2) is 49.0 Å². The fourth-order valence-corrected chi connectivity index (χ4v) is 4.19. The summed E-state index contributed by atoms with van der Waals surface area (Å²) < 4.78 is 73.3. The number of benzene rings is 2. The molecule has 0 aliphatic carbocycles. The predicted molar refractivity (Wildman–Crippen MR) is 171 cm³/mol. The van der Waals surface area contributed by atoms with Gasteiger partial charge in [-0.1, -0.05) is 12.1 Å². The molecule has 3 rings (SSSR count). The molecule has 1 atom stereocenters. The lowest BCUT2D eigenvalue weighted by Crippen LogP contribution is -2.47. The molecular weight excluding hydrogens is 657 g/mol. The Bertz CT molecular complexity index is 1620. The number of ether oxygens (including phenoxy) is 2. The van der Waals surface area contributed by atoms with E-state index in [4.69, 9.17) is 9.47 Å². The molecule has 1 aromatic heterocycles. The molecule has 0 radical (unpaired) electrons. The highest BCUT2D eigenvalue weighted by molar-refractivity contribution is 7.80. The van der Waals surface area contributed by atoms with E-state index in [-0.39, 0.29) is 29.6 Å². The molecule has 2 aromatic carbocycles. The number of anilines is 2. The normalized spacial score (nSPS) is 12.3. The van der Waals surface area contributed by atoms with Crippen molar-refractivity contribution < 1.29 is 45.8 Å². The van der Waals surface area contributed by atoms with Gasteiger partial charge in [0.25, 0.3) is 5.91 Å². The topological polar surface area (TPSA) is 174 Å². The molecule has 0 saturated heterocycles. The van der Waals surface area contributed by atoms with E-state index in [1.807, 2.05) is 0 Å². The molecule has 0 saturated carbocycles. The van der Waals surface area contributed by atoms with Crippen molar-refractivity contribution in [1.29, 1.82) is 0 Å². The minimum absolute atomic E-state index is 0.199. The van der Waals surface area contributed by atoms with Crippen molar-refractivity contribution >= 4 is 52.5 Å². The number of halogens is 3. The van der Waals surface area contributed by atoms with Gasteiger partial charge < -0.3 is 19.3 Å². The fourth-order valence-electron chi connectivity index (χ4n) is 3.68. The zero-order valence-electron chi connectivity index (χ0n) is 26.8. The molecule has 3 amide bonds. The molecule has 1 heterocycles. The lowest BCUT2D eigenvalue weighted by atomic mass is 10.1. The van der Waals surface area contributed by atoms with E-state index >= 15 is 0 Å². The molecular formula is C31H34F3N6O7S-. The van der Waals surface area contributed by atoms with E-state index < -0.39 is 52.3 Å². The van der Waals surface area contributed by atoms with Crippen molar-refractivity contribution in [3.05, 3.63) is 83.6 Å². The van der Waals surface area contributed by atoms with E-state index in [1.165, 1.54) is 48.5 Å². The first kappa shape index (κ1) is 37.4. The Morgan fingerprint density at radius 2 is 1.40 bits per heavy atom. The fraction of sp³-hybridized carbons (Fsp3) is 0.323. The number of nitrogens with zero attached hydrogens (tertiary/aromatic N) is 3. The number of hydrogen-bond acceptors (Lipinski definition) is 9. The summed E-state index contributed by atoms with van der Waals surface area (Å²) in [5.74, 6) is -0.965. The Hall–Kier alpha value is -5.03. The number of hydrogen-bond donors (Lipinski definition) is 3. The van der Waals surface area contributed by atoms with Crippen molar-refractivity contribution in [3.8, 4) is 0 Å². The number of alkyl halides is 3. The van der Waals surface area contributed by atoms with Gasteiger partial charge in [0.15, 0.2) is 0 Å². The number of guanidine groups is 1. The van der Waals surface area contributed by atoms with Gasteiger partial charge in [0.1, 0.15) is 17.0 Å². The predicted octanol–water partition coefficient (Wildman–Crippen LogP) is 6.19. The molecule has 0 fully saturated rings. The first-order valence-corrected chi connectivity index (χ1v) is 15.2. The van der Waals surface area contributed by atoms with Crippen LogP contribution < -0.4 is 20.3 Å². The third-order valence-electron chi connectivity index (χ3n) is 5.66. The van der Waals surface area contributed by atoms with Gasteiger partial charge >= 0.3 is 18.4 Å². The number of pyridine rings is 1. The summed E-state index contributed by atoms with van der Waals surface area (Å²) in [6.45, 7) is 9.77. The third kappa shape index (κ3) is 12.3. The first-order valence-electron chi connectivity index (χ1n) is 14.2. The van der Waals surface area contributed by atoms with Crippen LogP contribution in [0.2, 0.25) is 0 Å². The van der Waals surface area contributed by atoms with Gasteiger partial charge in [-0.25, -0.2) is 19.6 Å². The van der Waals surface area contributed by atoms with Crippen LogP contribution in [-0.2, 0) is 33.5 Å². The Morgan fingerprint density at radius 1 is 0.854 bits per heavy atom. The van der Waals surface area contributed by atoms with Crippen LogP contribution in [0.3, 0.4) is 0 Å². The van der Waals surface area contributed by atoms with E-state index in [2.05, 4.69) is 25.9 Å². The summed E-state index contributed by atoms with van der Waals surface area (Å²) >= 11 is -2.84. The van der Waals surface area contributed by atoms with Gasteiger partial charge in [0.05, 0.1) is 17.8 Å². The zero-order chi connectivity index (χ0) is 35.9.